The minimum atomic E-state index is -1.50. The van der Waals surface area contributed by atoms with Gasteiger partial charge in [0.2, 0.25) is 0 Å². The summed E-state index contributed by atoms with van der Waals surface area (Å²) in [7, 11) is 1.48. The number of ether oxygens (including phenoxy) is 1. The van der Waals surface area contributed by atoms with Crippen LogP contribution in [-0.2, 0) is 4.79 Å². The van der Waals surface area contributed by atoms with Gasteiger partial charge in [-0.05, 0) is 30.9 Å². The fourth-order valence-electron chi connectivity index (χ4n) is 1.78. The van der Waals surface area contributed by atoms with E-state index >= 15 is 0 Å². The van der Waals surface area contributed by atoms with Crippen molar-refractivity contribution in [3.8, 4) is 5.75 Å². The smallest absolute Gasteiger partial charge is 0.377 e. The first kappa shape index (κ1) is 11.9. The standard InChI is InChI=1S/C12H11ClO4/c1-17-9-5-7(11(14)12(15)16)4-8(13)10(9)6-2-3-6/h4-6H,2-3H2,1H3,(H,15,16). The predicted molar refractivity (Wildman–Crippen MR) is 61.9 cm³/mol. The highest BCUT2D eigenvalue weighted by Gasteiger charge is 2.30. The van der Waals surface area contributed by atoms with E-state index in [0.717, 1.165) is 18.4 Å². The van der Waals surface area contributed by atoms with Crippen LogP contribution >= 0.6 is 11.6 Å². The molecule has 1 aromatic carbocycles. The number of carboxylic acid groups (broad SMARTS) is 1. The lowest BCUT2D eigenvalue weighted by Crippen LogP contribution is -2.13. The third kappa shape index (κ3) is 2.26. The summed E-state index contributed by atoms with van der Waals surface area (Å²) in [6, 6.07) is 2.84. The fourth-order valence-corrected chi connectivity index (χ4v) is 2.15. The highest BCUT2D eigenvalue weighted by Crippen LogP contribution is 2.47. The molecule has 90 valence electrons. The van der Waals surface area contributed by atoms with Gasteiger partial charge in [-0.25, -0.2) is 4.79 Å². The molecule has 1 N–H and O–H groups in total. The van der Waals surface area contributed by atoms with Gasteiger partial charge in [-0.15, -0.1) is 0 Å². The topological polar surface area (TPSA) is 63.6 Å². The third-order valence-electron chi connectivity index (χ3n) is 2.75. The number of methoxy groups -OCH3 is 1. The number of halogens is 1. The number of aliphatic carboxylic acids is 1. The molecule has 0 bridgehead atoms. The molecule has 17 heavy (non-hydrogen) atoms. The summed E-state index contributed by atoms with van der Waals surface area (Å²) in [5, 5.41) is 9.05. The van der Waals surface area contributed by atoms with E-state index in [0.29, 0.717) is 16.7 Å². The number of carboxylic acids is 1. The minimum Gasteiger partial charge on any atom is -0.496 e. The van der Waals surface area contributed by atoms with Crippen LogP contribution in [0.4, 0.5) is 0 Å². The molecular weight excluding hydrogens is 244 g/mol. The Morgan fingerprint density at radius 3 is 2.53 bits per heavy atom. The molecule has 0 heterocycles. The van der Waals surface area contributed by atoms with Gasteiger partial charge >= 0.3 is 5.97 Å². The summed E-state index contributed by atoms with van der Waals surface area (Å²) < 4.78 is 5.17. The zero-order valence-corrected chi connectivity index (χ0v) is 9.95. The van der Waals surface area contributed by atoms with Gasteiger partial charge in [-0.2, -0.15) is 0 Å². The number of hydrogen-bond donors (Lipinski definition) is 1. The van der Waals surface area contributed by atoms with Crippen LogP contribution in [0.25, 0.3) is 0 Å². The van der Waals surface area contributed by atoms with Gasteiger partial charge in [0, 0.05) is 16.1 Å². The lowest BCUT2D eigenvalue weighted by Gasteiger charge is -2.11. The number of Topliss-reactive ketones (excluding diaryl/α,β-unsaturated/α-hetero) is 1. The highest BCUT2D eigenvalue weighted by atomic mass is 35.5. The summed E-state index contributed by atoms with van der Waals surface area (Å²) in [5.41, 5.74) is 0.917. The van der Waals surface area contributed by atoms with E-state index in [4.69, 9.17) is 21.4 Å². The molecular formula is C12H11ClO4. The molecule has 0 unspecified atom stereocenters. The molecule has 1 aromatic rings. The number of carbonyl (C=O) groups excluding carboxylic acids is 1. The van der Waals surface area contributed by atoms with E-state index in [2.05, 4.69) is 0 Å². The maximum absolute atomic E-state index is 11.3. The Kier molecular flexibility index (Phi) is 3.07. The zero-order chi connectivity index (χ0) is 12.6. The Balaban J connectivity index is 2.48. The third-order valence-corrected chi connectivity index (χ3v) is 3.07. The molecule has 1 aliphatic carbocycles. The molecule has 1 saturated carbocycles. The van der Waals surface area contributed by atoms with Crippen molar-refractivity contribution in [2.24, 2.45) is 0 Å². The number of benzene rings is 1. The van der Waals surface area contributed by atoms with Crippen LogP contribution in [-0.4, -0.2) is 24.0 Å². The minimum absolute atomic E-state index is 0.0451. The molecule has 0 saturated heterocycles. The van der Waals surface area contributed by atoms with Crippen molar-refractivity contribution in [2.45, 2.75) is 18.8 Å². The van der Waals surface area contributed by atoms with Crippen LogP contribution in [0.1, 0.15) is 34.7 Å². The Hall–Kier alpha value is -1.55. The van der Waals surface area contributed by atoms with E-state index in [-0.39, 0.29) is 5.56 Å². The van der Waals surface area contributed by atoms with E-state index in [1.165, 1.54) is 19.2 Å². The van der Waals surface area contributed by atoms with Gasteiger partial charge < -0.3 is 9.84 Å². The molecule has 0 aromatic heterocycles. The van der Waals surface area contributed by atoms with E-state index in [1.807, 2.05) is 0 Å². The Labute approximate surface area is 103 Å². The van der Waals surface area contributed by atoms with Crippen LogP contribution in [0.5, 0.6) is 5.75 Å². The van der Waals surface area contributed by atoms with E-state index in [1.54, 1.807) is 0 Å². The van der Waals surface area contributed by atoms with E-state index < -0.39 is 11.8 Å². The monoisotopic (exact) mass is 254 g/mol. The molecule has 2 rings (SSSR count). The summed E-state index contributed by atoms with van der Waals surface area (Å²) in [5.74, 6) is -1.62. The molecule has 5 heteroatoms. The summed E-state index contributed by atoms with van der Waals surface area (Å²) in [6.07, 6.45) is 2.09. The summed E-state index contributed by atoms with van der Waals surface area (Å²) in [6.45, 7) is 0. The lowest BCUT2D eigenvalue weighted by atomic mass is 10.0. The lowest BCUT2D eigenvalue weighted by molar-refractivity contribution is -0.131. The van der Waals surface area contributed by atoms with E-state index in [9.17, 15) is 9.59 Å². The van der Waals surface area contributed by atoms with Crippen LogP contribution in [0.2, 0.25) is 5.02 Å². The van der Waals surface area contributed by atoms with Crippen molar-refractivity contribution in [3.05, 3.63) is 28.3 Å². The predicted octanol–water partition coefficient (Wildman–Crippen LogP) is 2.49. The maximum Gasteiger partial charge on any atom is 0.377 e. The van der Waals surface area contributed by atoms with Crippen LogP contribution in [0.3, 0.4) is 0 Å². The van der Waals surface area contributed by atoms with Gasteiger partial charge in [0.05, 0.1) is 7.11 Å². The van der Waals surface area contributed by atoms with Crippen molar-refractivity contribution in [2.75, 3.05) is 7.11 Å². The first-order valence-electron chi connectivity index (χ1n) is 5.19. The van der Waals surface area contributed by atoms with Gasteiger partial charge in [0.25, 0.3) is 5.78 Å². The molecule has 0 aliphatic heterocycles. The van der Waals surface area contributed by atoms with Crippen LogP contribution in [0, 0.1) is 0 Å². The number of hydrogen-bond acceptors (Lipinski definition) is 3. The molecule has 0 radical (unpaired) electrons. The largest absolute Gasteiger partial charge is 0.496 e. The number of ketones is 1. The average Bonchev–Trinajstić information content (AvgIpc) is 3.10. The number of carbonyl (C=O) groups is 2. The van der Waals surface area contributed by atoms with Crippen LogP contribution < -0.4 is 4.74 Å². The quantitative estimate of drug-likeness (QED) is 0.662. The molecule has 0 amide bonds. The highest BCUT2D eigenvalue weighted by molar-refractivity contribution is 6.41. The van der Waals surface area contributed by atoms with Crippen molar-refractivity contribution in [3.63, 3.8) is 0 Å². The molecule has 1 fully saturated rings. The Morgan fingerprint density at radius 1 is 1.41 bits per heavy atom. The molecule has 0 atom stereocenters. The van der Waals surface area contributed by atoms with Crippen LogP contribution in [0.15, 0.2) is 12.1 Å². The van der Waals surface area contributed by atoms with Crippen molar-refractivity contribution in [1.29, 1.82) is 0 Å². The van der Waals surface area contributed by atoms with Crippen molar-refractivity contribution in [1.82, 2.24) is 0 Å². The van der Waals surface area contributed by atoms with Gasteiger partial charge in [-0.3, -0.25) is 4.79 Å². The molecule has 0 spiro atoms. The van der Waals surface area contributed by atoms with Gasteiger partial charge in [-0.1, -0.05) is 11.6 Å². The Morgan fingerprint density at radius 2 is 2.06 bits per heavy atom. The van der Waals surface area contributed by atoms with Crippen molar-refractivity contribution >= 4 is 23.4 Å². The second kappa shape index (κ2) is 4.37. The summed E-state index contributed by atoms with van der Waals surface area (Å²) in [4.78, 5) is 22.0. The first-order valence-corrected chi connectivity index (χ1v) is 5.57. The second-order valence-electron chi connectivity index (χ2n) is 3.98. The number of rotatable bonds is 4. The zero-order valence-electron chi connectivity index (χ0n) is 9.20. The Bertz CT molecular complexity index is 492. The average molecular weight is 255 g/mol. The van der Waals surface area contributed by atoms with Gasteiger partial charge in [0.15, 0.2) is 0 Å². The maximum atomic E-state index is 11.3. The molecule has 1 aliphatic rings. The second-order valence-corrected chi connectivity index (χ2v) is 4.39. The summed E-state index contributed by atoms with van der Waals surface area (Å²) >= 11 is 6.07. The fraction of sp³-hybridized carbons (Fsp3) is 0.333. The van der Waals surface area contributed by atoms with Gasteiger partial charge in [0.1, 0.15) is 5.75 Å². The van der Waals surface area contributed by atoms with Crippen molar-refractivity contribution < 1.29 is 19.4 Å². The first-order chi connectivity index (χ1) is 8.04. The SMILES string of the molecule is COc1cc(C(=O)C(=O)O)cc(Cl)c1C1CC1. The normalized spacial score (nSPS) is 14.5. The molecule has 4 nitrogen and oxygen atoms in total.